The van der Waals surface area contributed by atoms with Crippen LogP contribution in [0.5, 0.6) is 0 Å². The SMILES string of the molecule is CNc1ccc(S(=O)(=O)N2CCOC(C)C2)c([N+](=O)[O-])c1. The predicted molar refractivity (Wildman–Crippen MR) is 76.8 cm³/mol. The zero-order chi connectivity index (χ0) is 15.6. The van der Waals surface area contributed by atoms with Crippen molar-refractivity contribution in [3.8, 4) is 0 Å². The summed E-state index contributed by atoms with van der Waals surface area (Å²) in [7, 11) is -2.30. The lowest BCUT2D eigenvalue weighted by molar-refractivity contribution is -0.387. The number of rotatable bonds is 4. The van der Waals surface area contributed by atoms with Crippen LogP contribution < -0.4 is 5.32 Å². The van der Waals surface area contributed by atoms with Gasteiger partial charge in [0.2, 0.25) is 10.0 Å². The van der Waals surface area contributed by atoms with Gasteiger partial charge in [-0.25, -0.2) is 8.42 Å². The van der Waals surface area contributed by atoms with Crippen molar-refractivity contribution in [1.29, 1.82) is 0 Å². The molecule has 116 valence electrons. The monoisotopic (exact) mass is 315 g/mol. The van der Waals surface area contributed by atoms with Gasteiger partial charge in [0.05, 0.1) is 17.6 Å². The van der Waals surface area contributed by atoms with Crippen molar-refractivity contribution in [2.24, 2.45) is 0 Å². The Labute approximate surface area is 122 Å². The summed E-state index contributed by atoms with van der Waals surface area (Å²) in [5, 5.41) is 13.9. The Hall–Kier alpha value is -1.71. The molecule has 1 aliphatic rings. The Bertz CT molecular complexity index is 646. The van der Waals surface area contributed by atoms with E-state index in [2.05, 4.69) is 5.32 Å². The van der Waals surface area contributed by atoms with Gasteiger partial charge in [-0.05, 0) is 19.1 Å². The van der Waals surface area contributed by atoms with E-state index < -0.39 is 20.6 Å². The smallest absolute Gasteiger partial charge is 0.291 e. The summed E-state index contributed by atoms with van der Waals surface area (Å²) in [6, 6.07) is 3.99. The number of anilines is 1. The van der Waals surface area contributed by atoms with Gasteiger partial charge in [-0.1, -0.05) is 0 Å². The van der Waals surface area contributed by atoms with E-state index in [1.54, 1.807) is 14.0 Å². The van der Waals surface area contributed by atoms with Crippen LogP contribution >= 0.6 is 0 Å². The molecule has 0 bridgehead atoms. The number of morpholine rings is 1. The van der Waals surface area contributed by atoms with Crippen LogP contribution in [0.4, 0.5) is 11.4 Å². The molecule has 1 aromatic carbocycles. The molecule has 1 N–H and O–H groups in total. The molecule has 0 aromatic heterocycles. The highest BCUT2D eigenvalue weighted by atomic mass is 32.2. The standard InChI is InChI=1S/C12H17N3O5S/c1-9-8-14(5-6-20-9)21(18,19)12-4-3-10(13-2)7-11(12)15(16)17/h3-4,7,9,13H,5-6,8H2,1-2H3. The highest BCUT2D eigenvalue weighted by Gasteiger charge is 2.34. The molecule has 9 heteroatoms. The Balaban J connectivity index is 2.46. The van der Waals surface area contributed by atoms with E-state index in [-0.39, 0.29) is 30.7 Å². The van der Waals surface area contributed by atoms with Crippen molar-refractivity contribution in [3.63, 3.8) is 0 Å². The first-order valence-corrected chi connectivity index (χ1v) is 7.88. The summed E-state index contributed by atoms with van der Waals surface area (Å²) in [5.41, 5.74) is 0.0528. The molecule has 1 aromatic rings. The topological polar surface area (TPSA) is 102 Å². The fourth-order valence-corrected chi connectivity index (χ4v) is 3.81. The lowest BCUT2D eigenvalue weighted by Gasteiger charge is -2.30. The van der Waals surface area contributed by atoms with E-state index in [0.29, 0.717) is 5.69 Å². The van der Waals surface area contributed by atoms with Gasteiger partial charge >= 0.3 is 0 Å². The largest absolute Gasteiger partial charge is 0.388 e. The van der Waals surface area contributed by atoms with Crippen LogP contribution in [0.3, 0.4) is 0 Å². The van der Waals surface area contributed by atoms with E-state index in [0.717, 1.165) is 0 Å². The quantitative estimate of drug-likeness (QED) is 0.658. The highest BCUT2D eigenvalue weighted by molar-refractivity contribution is 7.89. The third-order valence-corrected chi connectivity index (χ3v) is 5.18. The number of benzene rings is 1. The molecule has 1 saturated heterocycles. The van der Waals surface area contributed by atoms with E-state index >= 15 is 0 Å². The van der Waals surface area contributed by atoms with Crippen LogP contribution in [0.2, 0.25) is 0 Å². The van der Waals surface area contributed by atoms with Crippen LogP contribution in [0.15, 0.2) is 23.1 Å². The lowest BCUT2D eigenvalue weighted by atomic mass is 10.3. The normalized spacial score (nSPS) is 20.2. The molecule has 0 radical (unpaired) electrons. The van der Waals surface area contributed by atoms with Gasteiger partial charge in [0.1, 0.15) is 0 Å². The van der Waals surface area contributed by atoms with Crippen LogP contribution in [0.1, 0.15) is 6.92 Å². The number of ether oxygens (including phenoxy) is 1. The van der Waals surface area contributed by atoms with Gasteiger partial charge in [0.25, 0.3) is 5.69 Å². The first-order valence-electron chi connectivity index (χ1n) is 6.44. The number of nitro benzene ring substituents is 1. The zero-order valence-electron chi connectivity index (χ0n) is 11.8. The number of nitrogens with zero attached hydrogens (tertiary/aromatic N) is 2. The van der Waals surface area contributed by atoms with Crippen molar-refractivity contribution in [2.75, 3.05) is 32.1 Å². The Kier molecular flexibility index (Phi) is 4.45. The second-order valence-corrected chi connectivity index (χ2v) is 6.64. The van der Waals surface area contributed by atoms with Gasteiger partial charge in [0.15, 0.2) is 4.90 Å². The number of hydrogen-bond acceptors (Lipinski definition) is 6. The summed E-state index contributed by atoms with van der Waals surface area (Å²) < 4.78 is 31.7. The molecule has 1 unspecified atom stereocenters. The van der Waals surface area contributed by atoms with E-state index in [1.807, 2.05) is 0 Å². The maximum Gasteiger partial charge on any atom is 0.291 e. The molecular weight excluding hydrogens is 298 g/mol. The summed E-state index contributed by atoms with van der Waals surface area (Å²) in [5.74, 6) is 0. The van der Waals surface area contributed by atoms with Crippen molar-refractivity contribution >= 4 is 21.4 Å². The highest BCUT2D eigenvalue weighted by Crippen LogP contribution is 2.30. The number of hydrogen-bond donors (Lipinski definition) is 1. The molecule has 8 nitrogen and oxygen atoms in total. The maximum atomic E-state index is 12.6. The van der Waals surface area contributed by atoms with E-state index in [1.165, 1.54) is 22.5 Å². The summed E-state index contributed by atoms with van der Waals surface area (Å²) in [4.78, 5) is 10.2. The minimum Gasteiger partial charge on any atom is -0.388 e. The summed E-state index contributed by atoms with van der Waals surface area (Å²) >= 11 is 0. The van der Waals surface area contributed by atoms with Crippen LogP contribution in [0.25, 0.3) is 0 Å². The molecular formula is C12H17N3O5S. The van der Waals surface area contributed by atoms with Crippen molar-refractivity contribution in [2.45, 2.75) is 17.9 Å². The molecule has 1 heterocycles. The summed E-state index contributed by atoms with van der Waals surface area (Å²) in [6.07, 6.45) is -0.232. The number of sulfonamides is 1. The zero-order valence-corrected chi connectivity index (χ0v) is 12.6. The molecule has 1 aliphatic heterocycles. The molecule has 0 saturated carbocycles. The van der Waals surface area contributed by atoms with Gasteiger partial charge in [-0.3, -0.25) is 10.1 Å². The Morgan fingerprint density at radius 2 is 2.19 bits per heavy atom. The second-order valence-electron chi connectivity index (χ2n) is 4.73. The predicted octanol–water partition coefficient (Wildman–Crippen LogP) is 1.05. The van der Waals surface area contributed by atoms with Crippen LogP contribution in [-0.4, -0.2) is 50.5 Å². The molecule has 0 amide bonds. The fourth-order valence-electron chi connectivity index (χ4n) is 2.18. The minimum absolute atomic E-state index is 0.188. The van der Waals surface area contributed by atoms with Crippen molar-refractivity contribution in [1.82, 2.24) is 4.31 Å². The van der Waals surface area contributed by atoms with Gasteiger partial charge in [0, 0.05) is 31.9 Å². The number of nitrogens with one attached hydrogen (secondary N) is 1. The van der Waals surface area contributed by atoms with E-state index in [4.69, 9.17) is 4.74 Å². The molecule has 21 heavy (non-hydrogen) atoms. The van der Waals surface area contributed by atoms with Gasteiger partial charge < -0.3 is 10.1 Å². The first-order chi connectivity index (χ1) is 9.86. The third kappa shape index (κ3) is 3.14. The first kappa shape index (κ1) is 15.7. The molecule has 1 fully saturated rings. The van der Waals surface area contributed by atoms with Gasteiger partial charge in [-0.2, -0.15) is 4.31 Å². The third-order valence-electron chi connectivity index (χ3n) is 3.27. The lowest BCUT2D eigenvalue weighted by Crippen LogP contribution is -2.44. The van der Waals surface area contributed by atoms with Crippen LogP contribution in [0, 0.1) is 10.1 Å². The Morgan fingerprint density at radius 3 is 2.76 bits per heavy atom. The molecule has 0 spiro atoms. The second kappa shape index (κ2) is 5.96. The molecule has 1 atom stereocenters. The van der Waals surface area contributed by atoms with E-state index in [9.17, 15) is 18.5 Å². The average Bonchev–Trinajstić information content (AvgIpc) is 2.46. The van der Waals surface area contributed by atoms with Gasteiger partial charge in [-0.15, -0.1) is 0 Å². The average molecular weight is 315 g/mol. The van der Waals surface area contributed by atoms with Crippen LogP contribution in [-0.2, 0) is 14.8 Å². The molecule has 0 aliphatic carbocycles. The fraction of sp³-hybridized carbons (Fsp3) is 0.500. The molecule has 2 rings (SSSR count). The van der Waals surface area contributed by atoms with Crippen molar-refractivity contribution < 1.29 is 18.1 Å². The van der Waals surface area contributed by atoms with Crippen molar-refractivity contribution in [3.05, 3.63) is 28.3 Å². The Morgan fingerprint density at radius 1 is 1.48 bits per heavy atom. The number of nitro groups is 1. The summed E-state index contributed by atoms with van der Waals surface area (Å²) in [6.45, 7) is 2.42. The maximum absolute atomic E-state index is 12.6. The minimum atomic E-state index is -3.91.